The molecule has 0 spiro atoms. The zero-order valence-corrected chi connectivity index (χ0v) is 25.9. The van der Waals surface area contributed by atoms with Crippen LogP contribution in [-0.2, 0) is 13.9 Å². The van der Waals surface area contributed by atoms with E-state index in [0.29, 0.717) is 62.5 Å². The highest BCUT2D eigenvalue weighted by Crippen LogP contribution is 2.54. The Morgan fingerprint density at radius 3 is 1.39 bits per heavy atom. The van der Waals surface area contributed by atoms with E-state index in [1.807, 2.05) is 52.5 Å². The van der Waals surface area contributed by atoms with Gasteiger partial charge in [0.05, 0.1) is 67.8 Å². The highest BCUT2D eigenvalue weighted by Gasteiger charge is 2.41. The van der Waals surface area contributed by atoms with E-state index in [4.69, 9.17) is 23.3 Å². The summed E-state index contributed by atoms with van der Waals surface area (Å²) >= 11 is 1.74. The van der Waals surface area contributed by atoms with Gasteiger partial charge in [0.15, 0.2) is 23.0 Å². The number of hydrogen-bond acceptors (Lipinski definition) is 8. The SMILES string of the molecule is C[N+]1(C)CCSCC[N+](C)(C)P(C)(=O)Oc2ccccc2OCCOCCOc2ccccc2OP1(C)=O. The van der Waals surface area contributed by atoms with Crippen LogP contribution in [0, 0.1) is 0 Å². The standard InChI is InChI=1S/C26H42N2O7P2S/c1-27(2)15-21-38-22-16-28(3,4)37(6,30)35-26-14-10-8-12-24(26)33-20-18-31-17-19-32-23-11-7-9-13-25(23)34-36(27,5)29/h7-14H,15-22H2,1-6H3/q+2. The number of fused-ring (bicyclic) bond motifs is 2. The van der Waals surface area contributed by atoms with Gasteiger partial charge >= 0.3 is 15.0 Å². The topological polar surface area (TPSA) is 80.3 Å². The third kappa shape index (κ3) is 8.17. The second kappa shape index (κ2) is 13.1. The van der Waals surface area contributed by atoms with Crippen molar-refractivity contribution < 1.29 is 40.9 Å². The summed E-state index contributed by atoms with van der Waals surface area (Å²) in [5, 5.41) is 0. The number of rotatable bonds is 0. The van der Waals surface area contributed by atoms with E-state index in [0.717, 1.165) is 11.5 Å². The molecule has 0 aromatic heterocycles. The lowest BCUT2D eigenvalue weighted by atomic mass is 10.3. The fourth-order valence-electron chi connectivity index (χ4n) is 3.44. The minimum absolute atomic E-state index is 0.224. The molecule has 0 fully saturated rings. The van der Waals surface area contributed by atoms with Gasteiger partial charge in [-0.1, -0.05) is 24.3 Å². The van der Waals surface area contributed by atoms with Crippen molar-refractivity contribution in [2.75, 3.05) is 92.5 Å². The maximum Gasteiger partial charge on any atom is 0.428 e. The van der Waals surface area contributed by atoms with Crippen molar-refractivity contribution in [3.05, 3.63) is 48.5 Å². The lowest BCUT2D eigenvalue weighted by molar-refractivity contribution is -0.771. The molecule has 2 aromatic carbocycles. The van der Waals surface area contributed by atoms with Crippen LogP contribution in [0.15, 0.2) is 48.5 Å². The Morgan fingerprint density at radius 2 is 1.00 bits per heavy atom. The van der Waals surface area contributed by atoms with Crippen LogP contribution in [0.1, 0.15) is 0 Å². The number of quaternary nitrogens is 2. The minimum Gasteiger partial charge on any atom is -0.487 e. The van der Waals surface area contributed by atoms with Crippen molar-refractivity contribution in [3.63, 3.8) is 0 Å². The summed E-state index contributed by atoms with van der Waals surface area (Å²) in [4.78, 5) is 0. The molecule has 0 saturated heterocycles. The van der Waals surface area contributed by atoms with Crippen LogP contribution < -0.4 is 18.5 Å². The molecule has 2 aromatic rings. The minimum atomic E-state index is -3.11. The molecule has 2 unspecified atom stereocenters. The molecular weight excluding hydrogens is 546 g/mol. The Labute approximate surface area is 231 Å². The largest absolute Gasteiger partial charge is 0.487 e. The molecule has 38 heavy (non-hydrogen) atoms. The molecule has 1 aliphatic rings. The summed E-state index contributed by atoms with van der Waals surface area (Å²) in [6.07, 6.45) is 0. The van der Waals surface area contributed by atoms with Crippen LogP contribution in [0.25, 0.3) is 0 Å². The molecule has 0 amide bonds. The Bertz CT molecular complexity index is 1070. The van der Waals surface area contributed by atoms with E-state index < -0.39 is 15.0 Å². The zero-order valence-electron chi connectivity index (χ0n) is 23.3. The summed E-state index contributed by atoms with van der Waals surface area (Å²) in [6.45, 7) is 5.91. The smallest absolute Gasteiger partial charge is 0.428 e. The first kappa shape index (κ1) is 30.9. The molecule has 12 heteroatoms. The van der Waals surface area contributed by atoms with Gasteiger partial charge in [-0.25, -0.2) is 9.13 Å². The molecule has 1 aliphatic heterocycles. The van der Waals surface area contributed by atoms with Gasteiger partial charge in [-0.05, 0) is 24.3 Å². The number of thioether (sulfide) groups is 1. The summed E-state index contributed by atoms with van der Waals surface area (Å²) < 4.78 is 57.4. The monoisotopic (exact) mass is 588 g/mol. The van der Waals surface area contributed by atoms with Crippen LogP contribution in [0.2, 0.25) is 0 Å². The van der Waals surface area contributed by atoms with Crippen molar-refractivity contribution in [2.24, 2.45) is 0 Å². The maximum atomic E-state index is 13.7. The first-order chi connectivity index (χ1) is 17.8. The fourth-order valence-corrected chi connectivity index (χ4v) is 7.49. The second-order valence-corrected chi connectivity index (χ2v) is 17.3. The van der Waals surface area contributed by atoms with Gasteiger partial charge < -0.3 is 23.3 Å². The fraction of sp³-hybridized carbons (Fsp3) is 0.538. The average molecular weight is 589 g/mol. The Kier molecular flexibility index (Phi) is 10.7. The van der Waals surface area contributed by atoms with E-state index in [-0.39, 0.29) is 8.51 Å². The molecule has 9 nitrogen and oxygen atoms in total. The number of hydrogen-bond donors (Lipinski definition) is 0. The lowest BCUT2D eigenvalue weighted by Gasteiger charge is -2.35. The highest BCUT2D eigenvalue weighted by atomic mass is 32.2. The third-order valence-electron chi connectivity index (χ3n) is 6.74. The van der Waals surface area contributed by atoms with Crippen LogP contribution in [0.4, 0.5) is 0 Å². The number of para-hydroxylation sites is 4. The normalized spacial score (nSPS) is 27.3. The lowest BCUT2D eigenvalue weighted by Crippen LogP contribution is -2.40. The molecule has 1 heterocycles. The van der Waals surface area contributed by atoms with Crippen LogP contribution >= 0.6 is 26.8 Å². The molecule has 212 valence electrons. The van der Waals surface area contributed by atoms with Crippen LogP contribution in [0.5, 0.6) is 23.0 Å². The van der Waals surface area contributed by atoms with E-state index >= 15 is 0 Å². The maximum absolute atomic E-state index is 13.7. The summed E-state index contributed by atoms with van der Waals surface area (Å²) in [5.41, 5.74) is 0. The van der Waals surface area contributed by atoms with Crippen molar-refractivity contribution in [3.8, 4) is 23.0 Å². The van der Waals surface area contributed by atoms with Gasteiger partial charge in [0, 0.05) is 11.5 Å². The van der Waals surface area contributed by atoms with Gasteiger partial charge in [0.2, 0.25) is 0 Å². The average Bonchev–Trinajstić information content (AvgIpc) is 2.84. The molecule has 0 saturated carbocycles. The predicted molar refractivity (Wildman–Crippen MR) is 154 cm³/mol. The van der Waals surface area contributed by atoms with Gasteiger partial charge in [0.1, 0.15) is 13.2 Å². The van der Waals surface area contributed by atoms with Crippen LogP contribution in [0.3, 0.4) is 0 Å². The summed E-state index contributed by atoms with van der Waals surface area (Å²) in [6, 6.07) is 14.5. The molecule has 0 aliphatic carbocycles. The molecule has 3 rings (SSSR count). The highest BCUT2D eigenvalue weighted by molar-refractivity contribution is 7.99. The van der Waals surface area contributed by atoms with E-state index in [1.54, 1.807) is 49.4 Å². The summed E-state index contributed by atoms with van der Waals surface area (Å²) in [5.74, 6) is 3.51. The molecule has 0 N–H and O–H groups in total. The van der Waals surface area contributed by atoms with Gasteiger partial charge in [-0.2, -0.15) is 11.8 Å². The first-order valence-corrected chi connectivity index (χ1v) is 17.9. The quantitative estimate of drug-likeness (QED) is 0.376. The number of nitrogens with zero attached hydrogens (tertiary/aromatic N) is 2. The van der Waals surface area contributed by atoms with E-state index in [2.05, 4.69) is 0 Å². The van der Waals surface area contributed by atoms with Gasteiger partial charge in [-0.3, -0.25) is 8.51 Å². The third-order valence-corrected chi connectivity index (χ3v) is 13.1. The molecule has 0 bridgehead atoms. The molecule has 2 atom stereocenters. The summed E-state index contributed by atoms with van der Waals surface area (Å²) in [7, 11) is 1.47. The Morgan fingerprint density at radius 1 is 0.632 bits per heavy atom. The number of benzene rings is 2. The predicted octanol–water partition coefficient (Wildman–Crippen LogP) is 5.46. The molecule has 0 radical (unpaired) electrons. The van der Waals surface area contributed by atoms with Crippen LogP contribution in [-0.4, -0.2) is 101 Å². The van der Waals surface area contributed by atoms with Crippen molar-refractivity contribution in [1.82, 2.24) is 0 Å². The first-order valence-electron chi connectivity index (χ1n) is 12.6. The Balaban J connectivity index is 1.77. The second-order valence-electron chi connectivity index (χ2n) is 10.3. The Hall–Kier alpha value is -1.67. The van der Waals surface area contributed by atoms with E-state index in [1.165, 1.54) is 0 Å². The van der Waals surface area contributed by atoms with E-state index in [9.17, 15) is 9.13 Å². The zero-order chi connectivity index (χ0) is 27.9. The molecular formula is C26H42N2O7P2S+2. The number of ether oxygens (including phenoxy) is 3. The van der Waals surface area contributed by atoms with Gasteiger partial charge in [-0.15, -0.1) is 0 Å². The van der Waals surface area contributed by atoms with Crippen molar-refractivity contribution in [2.45, 2.75) is 0 Å². The van der Waals surface area contributed by atoms with Crippen molar-refractivity contribution in [1.29, 1.82) is 0 Å². The van der Waals surface area contributed by atoms with Crippen molar-refractivity contribution >= 4 is 26.8 Å². The van der Waals surface area contributed by atoms with Gasteiger partial charge in [0.25, 0.3) is 0 Å².